The standard InChI is InChI=1S/C25H37NO3/c1-18-4-5-19-17-24(27)26(23(19)16-18)21-8-6-20(7-9-21)25(2)12-10-22(11-13-25)29-15-14-28-3/h4-5,16,20-22H,6-15,17H2,1-3H3. The molecule has 0 radical (unpaired) electrons. The fourth-order valence-electron chi connectivity index (χ4n) is 5.99. The zero-order chi connectivity index (χ0) is 20.4. The number of carbonyl (C=O) groups is 1. The fourth-order valence-corrected chi connectivity index (χ4v) is 5.99. The van der Waals surface area contributed by atoms with Gasteiger partial charge in [-0.05, 0) is 86.8 Å². The van der Waals surface area contributed by atoms with Crippen molar-refractivity contribution in [3.8, 4) is 0 Å². The van der Waals surface area contributed by atoms with E-state index in [1.165, 1.54) is 55.3 Å². The summed E-state index contributed by atoms with van der Waals surface area (Å²) in [6.45, 7) is 6.03. The maximum atomic E-state index is 12.7. The number of carbonyl (C=O) groups excluding carboxylic acids is 1. The number of aryl methyl sites for hydroxylation is 1. The van der Waals surface area contributed by atoms with Gasteiger partial charge in [0.05, 0.1) is 25.7 Å². The van der Waals surface area contributed by atoms with Crippen LogP contribution < -0.4 is 4.90 Å². The molecule has 0 spiro atoms. The molecule has 1 aliphatic heterocycles. The van der Waals surface area contributed by atoms with E-state index in [4.69, 9.17) is 9.47 Å². The highest BCUT2D eigenvalue weighted by Gasteiger charge is 2.42. The maximum Gasteiger partial charge on any atom is 0.231 e. The predicted octanol–water partition coefficient (Wildman–Crippen LogP) is 5.05. The van der Waals surface area contributed by atoms with E-state index < -0.39 is 0 Å². The molecule has 1 aromatic rings. The summed E-state index contributed by atoms with van der Waals surface area (Å²) in [6.07, 6.45) is 10.7. The van der Waals surface area contributed by atoms with E-state index in [2.05, 4.69) is 36.9 Å². The number of amides is 1. The summed E-state index contributed by atoms with van der Waals surface area (Å²) in [5.41, 5.74) is 4.07. The van der Waals surface area contributed by atoms with Crippen molar-refractivity contribution in [1.29, 1.82) is 0 Å². The lowest BCUT2D eigenvalue weighted by molar-refractivity contribution is -0.118. The van der Waals surface area contributed by atoms with Gasteiger partial charge in [0.1, 0.15) is 0 Å². The van der Waals surface area contributed by atoms with Crippen LogP contribution in [0.15, 0.2) is 18.2 Å². The molecule has 160 valence electrons. The highest BCUT2D eigenvalue weighted by atomic mass is 16.5. The van der Waals surface area contributed by atoms with E-state index >= 15 is 0 Å². The van der Waals surface area contributed by atoms with Crippen LogP contribution in [-0.4, -0.2) is 38.4 Å². The summed E-state index contributed by atoms with van der Waals surface area (Å²) < 4.78 is 11.1. The zero-order valence-electron chi connectivity index (χ0n) is 18.4. The minimum Gasteiger partial charge on any atom is -0.382 e. The van der Waals surface area contributed by atoms with Gasteiger partial charge in [0, 0.05) is 18.8 Å². The number of hydrogen-bond acceptors (Lipinski definition) is 3. The maximum absolute atomic E-state index is 12.7. The van der Waals surface area contributed by atoms with Crippen molar-refractivity contribution >= 4 is 11.6 Å². The molecule has 2 aliphatic carbocycles. The topological polar surface area (TPSA) is 38.8 Å². The molecule has 0 atom stereocenters. The Morgan fingerprint density at radius 1 is 1.07 bits per heavy atom. The lowest BCUT2D eigenvalue weighted by atomic mass is 9.62. The molecule has 0 bridgehead atoms. The van der Waals surface area contributed by atoms with Gasteiger partial charge in [0.15, 0.2) is 0 Å². The Morgan fingerprint density at radius 2 is 1.79 bits per heavy atom. The molecule has 2 fully saturated rings. The second kappa shape index (κ2) is 8.77. The number of fused-ring (bicyclic) bond motifs is 1. The second-order valence-corrected chi connectivity index (χ2v) is 9.80. The molecule has 0 unspecified atom stereocenters. The molecule has 29 heavy (non-hydrogen) atoms. The molecule has 1 heterocycles. The van der Waals surface area contributed by atoms with Crippen molar-refractivity contribution in [3.63, 3.8) is 0 Å². The molecule has 0 saturated heterocycles. The van der Waals surface area contributed by atoms with Crippen LogP contribution in [0.3, 0.4) is 0 Å². The first kappa shape index (κ1) is 20.9. The van der Waals surface area contributed by atoms with Crippen molar-refractivity contribution in [2.75, 3.05) is 25.2 Å². The Hall–Kier alpha value is -1.39. The van der Waals surface area contributed by atoms with Crippen molar-refractivity contribution in [2.24, 2.45) is 11.3 Å². The lowest BCUT2D eigenvalue weighted by Gasteiger charge is -2.46. The third kappa shape index (κ3) is 4.39. The number of hydrogen-bond donors (Lipinski definition) is 0. The molecule has 2 saturated carbocycles. The Balaban J connectivity index is 1.32. The van der Waals surface area contributed by atoms with Crippen LogP contribution in [0.5, 0.6) is 0 Å². The average molecular weight is 400 g/mol. The van der Waals surface area contributed by atoms with Gasteiger partial charge in [-0.25, -0.2) is 0 Å². The monoisotopic (exact) mass is 399 g/mol. The van der Waals surface area contributed by atoms with Gasteiger partial charge in [-0.3, -0.25) is 4.79 Å². The number of ether oxygens (including phenoxy) is 2. The van der Waals surface area contributed by atoms with Gasteiger partial charge in [-0.2, -0.15) is 0 Å². The largest absolute Gasteiger partial charge is 0.382 e. The van der Waals surface area contributed by atoms with Gasteiger partial charge < -0.3 is 14.4 Å². The van der Waals surface area contributed by atoms with Crippen LogP contribution in [-0.2, 0) is 20.7 Å². The van der Waals surface area contributed by atoms with E-state index in [0.717, 1.165) is 18.8 Å². The summed E-state index contributed by atoms with van der Waals surface area (Å²) in [7, 11) is 1.73. The third-order valence-corrected chi connectivity index (χ3v) is 7.87. The normalized spacial score (nSPS) is 32.4. The Morgan fingerprint density at radius 3 is 2.48 bits per heavy atom. The molecule has 4 rings (SSSR count). The van der Waals surface area contributed by atoms with Crippen molar-refractivity contribution < 1.29 is 14.3 Å². The quantitative estimate of drug-likeness (QED) is 0.628. The average Bonchev–Trinajstić information content (AvgIpc) is 3.05. The van der Waals surface area contributed by atoms with Gasteiger partial charge in [0.25, 0.3) is 0 Å². The Bertz CT molecular complexity index is 715. The van der Waals surface area contributed by atoms with Gasteiger partial charge >= 0.3 is 0 Å². The summed E-state index contributed by atoms with van der Waals surface area (Å²) in [6, 6.07) is 6.86. The smallest absolute Gasteiger partial charge is 0.231 e. The van der Waals surface area contributed by atoms with Crippen molar-refractivity contribution in [3.05, 3.63) is 29.3 Å². The highest BCUT2D eigenvalue weighted by Crippen LogP contribution is 2.49. The number of nitrogens with zero attached hydrogens (tertiary/aromatic N) is 1. The van der Waals surface area contributed by atoms with Crippen LogP contribution in [0, 0.1) is 18.3 Å². The number of anilines is 1. The second-order valence-electron chi connectivity index (χ2n) is 9.80. The first-order valence-electron chi connectivity index (χ1n) is 11.5. The van der Waals surface area contributed by atoms with Crippen molar-refractivity contribution in [2.45, 2.75) is 83.8 Å². The molecular formula is C25H37NO3. The zero-order valence-corrected chi connectivity index (χ0v) is 18.4. The first-order chi connectivity index (χ1) is 14.0. The molecule has 4 heteroatoms. The molecule has 4 nitrogen and oxygen atoms in total. The number of rotatable bonds is 6. The van der Waals surface area contributed by atoms with Crippen LogP contribution >= 0.6 is 0 Å². The summed E-state index contributed by atoms with van der Waals surface area (Å²) >= 11 is 0. The lowest BCUT2D eigenvalue weighted by Crippen LogP contribution is -2.43. The highest BCUT2D eigenvalue weighted by molar-refractivity contribution is 6.02. The molecule has 1 aromatic carbocycles. The van der Waals surface area contributed by atoms with Gasteiger partial charge in [0.2, 0.25) is 5.91 Å². The third-order valence-electron chi connectivity index (χ3n) is 7.87. The van der Waals surface area contributed by atoms with Gasteiger partial charge in [-0.15, -0.1) is 0 Å². The van der Waals surface area contributed by atoms with E-state index in [1.54, 1.807) is 7.11 Å². The van der Waals surface area contributed by atoms with E-state index in [1.807, 2.05) is 0 Å². The molecule has 0 N–H and O–H groups in total. The predicted molar refractivity (Wildman–Crippen MR) is 116 cm³/mol. The molecule has 0 aromatic heterocycles. The van der Waals surface area contributed by atoms with E-state index in [9.17, 15) is 4.79 Å². The number of methoxy groups -OCH3 is 1. The fraction of sp³-hybridized carbons (Fsp3) is 0.720. The Labute approximate surface area is 175 Å². The molecular weight excluding hydrogens is 362 g/mol. The van der Waals surface area contributed by atoms with E-state index in [-0.39, 0.29) is 0 Å². The summed E-state index contributed by atoms with van der Waals surface area (Å²) in [5.74, 6) is 1.09. The van der Waals surface area contributed by atoms with Gasteiger partial charge in [-0.1, -0.05) is 19.1 Å². The summed E-state index contributed by atoms with van der Waals surface area (Å²) in [5, 5.41) is 0. The summed E-state index contributed by atoms with van der Waals surface area (Å²) in [4.78, 5) is 14.9. The van der Waals surface area contributed by atoms with Crippen LogP contribution in [0.25, 0.3) is 0 Å². The number of benzene rings is 1. The Kier molecular flexibility index (Phi) is 6.31. The molecule has 3 aliphatic rings. The van der Waals surface area contributed by atoms with Crippen LogP contribution in [0.4, 0.5) is 5.69 Å². The van der Waals surface area contributed by atoms with Crippen LogP contribution in [0.1, 0.15) is 69.4 Å². The van der Waals surface area contributed by atoms with Crippen LogP contribution in [0.2, 0.25) is 0 Å². The SMILES string of the molecule is COCCOC1CCC(C)(C2CCC(N3C(=O)Cc4ccc(C)cc43)CC2)CC1. The minimum atomic E-state index is 0.300. The first-order valence-corrected chi connectivity index (χ1v) is 11.5. The molecule has 1 amide bonds. The van der Waals surface area contributed by atoms with E-state index in [0.29, 0.717) is 43.1 Å². The minimum absolute atomic E-state index is 0.300. The van der Waals surface area contributed by atoms with Crippen molar-refractivity contribution in [1.82, 2.24) is 0 Å².